The van der Waals surface area contributed by atoms with Gasteiger partial charge in [0.2, 0.25) is 0 Å². The molecule has 0 heterocycles. The Morgan fingerprint density at radius 3 is 1.07 bits per heavy atom. The van der Waals surface area contributed by atoms with Crippen LogP contribution >= 0.6 is 0 Å². The van der Waals surface area contributed by atoms with Crippen molar-refractivity contribution in [3.8, 4) is 0 Å². The zero-order valence-electron chi connectivity index (χ0n) is 7.78. The Morgan fingerprint density at radius 1 is 0.867 bits per heavy atom. The van der Waals surface area contributed by atoms with Crippen molar-refractivity contribution in [2.24, 2.45) is 0 Å². The molecule has 2 atom stereocenters. The van der Waals surface area contributed by atoms with Gasteiger partial charge in [0, 0.05) is 19.5 Å². The molecular formula is C6H12O8Zn. The van der Waals surface area contributed by atoms with Crippen molar-refractivity contribution in [3.63, 3.8) is 0 Å². The van der Waals surface area contributed by atoms with Gasteiger partial charge in [-0.25, -0.2) is 9.59 Å². The Morgan fingerprint density at radius 2 is 1.07 bits per heavy atom. The van der Waals surface area contributed by atoms with Crippen LogP contribution in [0.1, 0.15) is 0 Å². The van der Waals surface area contributed by atoms with Crippen LogP contribution in [-0.4, -0.2) is 68.0 Å². The summed E-state index contributed by atoms with van der Waals surface area (Å²) < 4.78 is 0. The van der Waals surface area contributed by atoms with E-state index in [1.54, 1.807) is 0 Å². The van der Waals surface area contributed by atoms with E-state index in [0.29, 0.717) is 0 Å². The first-order chi connectivity index (χ1) is 6.36. The molecule has 0 saturated heterocycles. The van der Waals surface area contributed by atoms with E-state index in [0.717, 1.165) is 0 Å². The summed E-state index contributed by atoms with van der Waals surface area (Å²) in [6, 6.07) is 0. The van der Waals surface area contributed by atoms with Gasteiger partial charge in [0.15, 0.2) is 12.2 Å². The number of aliphatic hydroxyl groups excluding tert-OH is 4. The van der Waals surface area contributed by atoms with Crippen molar-refractivity contribution < 1.29 is 59.7 Å². The number of carboxylic acid groups (broad SMARTS) is 2. The second-order valence-corrected chi connectivity index (χ2v) is 2.07. The second kappa shape index (κ2) is 11.5. The monoisotopic (exact) mass is 276 g/mol. The van der Waals surface area contributed by atoms with Gasteiger partial charge >= 0.3 is 11.9 Å². The van der Waals surface area contributed by atoms with Crippen LogP contribution in [0.2, 0.25) is 0 Å². The molecule has 15 heavy (non-hydrogen) atoms. The summed E-state index contributed by atoms with van der Waals surface area (Å²) in [4.78, 5) is 19.0. The fraction of sp³-hybridized carbons (Fsp3) is 0.667. The minimum Gasteiger partial charge on any atom is -0.479 e. The summed E-state index contributed by atoms with van der Waals surface area (Å²) >= 11 is 0. The summed E-state index contributed by atoms with van der Waals surface area (Å²) in [5, 5.41) is 47.5. The summed E-state index contributed by atoms with van der Waals surface area (Å²) in [6.07, 6.45) is -3.25. The minimum atomic E-state index is -1.63. The van der Waals surface area contributed by atoms with Crippen molar-refractivity contribution in [1.82, 2.24) is 0 Å². The summed E-state index contributed by atoms with van der Waals surface area (Å²) in [5.41, 5.74) is 0. The van der Waals surface area contributed by atoms with Crippen LogP contribution in [-0.2, 0) is 29.1 Å². The van der Waals surface area contributed by atoms with Crippen LogP contribution in [0, 0.1) is 0 Å². The molecule has 0 fully saturated rings. The third-order valence-corrected chi connectivity index (χ3v) is 0.916. The van der Waals surface area contributed by atoms with Gasteiger partial charge in [0.25, 0.3) is 0 Å². The molecule has 0 aliphatic rings. The summed E-state index contributed by atoms with van der Waals surface area (Å²) in [6.45, 7) is -1.45. The normalized spacial score (nSPS) is 12.5. The van der Waals surface area contributed by atoms with Crippen LogP contribution in [0.25, 0.3) is 0 Å². The SMILES string of the molecule is O=C(O)C(O)CO.O=C(O)C(O)CO.[Zn]. The van der Waals surface area contributed by atoms with Gasteiger partial charge < -0.3 is 30.6 Å². The number of aliphatic hydroxyl groups is 4. The predicted octanol–water partition coefficient (Wildman–Crippen LogP) is -3.15. The molecule has 0 aromatic rings. The molecule has 86 valence electrons. The fourth-order valence-corrected chi connectivity index (χ4v) is 0.156. The average Bonchev–Trinajstić information content (AvgIpc) is 2.15. The maximum absolute atomic E-state index is 9.52. The van der Waals surface area contributed by atoms with E-state index in [2.05, 4.69) is 0 Å². The molecule has 0 aromatic carbocycles. The van der Waals surface area contributed by atoms with Crippen molar-refractivity contribution in [2.75, 3.05) is 13.2 Å². The molecule has 0 aliphatic carbocycles. The second-order valence-electron chi connectivity index (χ2n) is 2.07. The van der Waals surface area contributed by atoms with E-state index in [-0.39, 0.29) is 19.5 Å². The van der Waals surface area contributed by atoms with E-state index in [1.165, 1.54) is 0 Å². The molecule has 6 N–H and O–H groups in total. The van der Waals surface area contributed by atoms with Gasteiger partial charge in [-0.15, -0.1) is 0 Å². The van der Waals surface area contributed by atoms with Crippen LogP contribution < -0.4 is 0 Å². The molecule has 9 heteroatoms. The van der Waals surface area contributed by atoms with Crippen LogP contribution in [0.5, 0.6) is 0 Å². The summed E-state index contributed by atoms with van der Waals surface area (Å²) in [5.74, 6) is -2.80. The molecule has 0 spiro atoms. The third kappa shape index (κ3) is 13.4. The molecule has 0 radical (unpaired) electrons. The Labute approximate surface area is 97.5 Å². The topological polar surface area (TPSA) is 156 Å². The quantitative estimate of drug-likeness (QED) is 0.294. The molecular weight excluding hydrogens is 265 g/mol. The predicted molar refractivity (Wildman–Crippen MR) is 41.5 cm³/mol. The molecule has 0 aromatic heterocycles. The van der Waals surface area contributed by atoms with E-state index in [1.807, 2.05) is 0 Å². The maximum atomic E-state index is 9.52. The first kappa shape index (κ1) is 19.9. The first-order valence-corrected chi connectivity index (χ1v) is 3.40. The van der Waals surface area contributed by atoms with E-state index in [9.17, 15) is 9.59 Å². The van der Waals surface area contributed by atoms with Gasteiger partial charge in [0.1, 0.15) is 0 Å². The molecule has 0 saturated carbocycles. The smallest absolute Gasteiger partial charge is 0.334 e. The molecule has 0 aliphatic heterocycles. The molecule has 2 unspecified atom stereocenters. The van der Waals surface area contributed by atoms with Gasteiger partial charge in [0.05, 0.1) is 13.2 Å². The van der Waals surface area contributed by atoms with Crippen LogP contribution in [0.15, 0.2) is 0 Å². The Hall–Kier alpha value is -0.597. The van der Waals surface area contributed by atoms with Gasteiger partial charge in [-0.05, 0) is 0 Å². The van der Waals surface area contributed by atoms with Crippen molar-refractivity contribution in [1.29, 1.82) is 0 Å². The Balaban J connectivity index is -0.000000180. The molecule has 0 amide bonds. The number of rotatable bonds is 4. The minimum absolute atomic E-state index is 0. The largest absolute Gasteiger partial charge is 0.479 e. The number of carbonyl (C=O) groups is 2. The molecule has 0 rings (SSSR count). The van der Waals surface area contributed by atoms with Gasteiger partial charge in [-0.1, -0.05) is 0 Å². The molecule has 0 bridgehead atoms. The van der Waals surface area contributed by atoms with E-state index < -0.39 is 37.4 Å². The zero-order valence-corrected chi connectivity index (χ0v) is 10.7. The summed E-state index contributed by atoms with van der Waals surface area (Å²) in [7, 11) is 0. The number of hydrogen-bond donors (Lipinski definition) is 6. The van der Waals surface area contributed by atoms with Crippen molar-refractivity contribution in [2.45, 2.75) is 12.2 Å². The van der Waals surface area contributed by atoms with Crippen molar-refractivity contribution in [3.05, 3.63) is 0 Å². The van der Waals surface area contributed by atoms with E-state index >= 15 is 0 Å². The number of carboxylic acids is 2. The van der Waals surface area contributed by atoms with Crippen molar-refractivity contribution >= 4 is 11.9 Å². The molecule has 8 nitrogen and oxygen atoms in total. The zero-order chi connectivity index (χ0) is 11.7. The number of hydrogen-bond acceptors (Lipinski definition) is 6. The standard InChI is InChI=1S/2C3H6O4.Zn/c2*4-1-2(5)3(6)7;/h2*2,4-5H,1H2,(H,6,7);. The Kier molecular flexibility index (Phi) is 15.2. The van der Waals surface area contributed by atoms with Gasteiger partial charge in [-0.3, -0.25) is 0 Å². The Bertz CT molecular complexity index is 164. The first-order valence-electron chi connectivity index (χ1n) is 3.40. The third-order valence-electron chi connectivity index (χ3n) is 0.916. The van der Waals surface area contributed by atoms with E-state index in [4.69, 9.17) is 30.6 Å². The van der Waals surface area contributed by atoms with Crippen LogP contribution in [0.4, 0.5) is 0 Å². The average molecular weight is 278 g/mol. The van der Waals surface area contributed by atoms with Gasteiger partial charge in [-0.2, -0.15) is 0 Å². The maximum Gasteiger partial charge on any atom is 0.334 e. The number of aliphatic carboxylic acids is 2. The van der Waals surface area contributed by atoms with Crippen LogP contribution in [0.3, 0.4) is 0 Å². The fourth-order valence-electron chi connectivity index (χ4n) is 0.156.